The Hall–Kier alpha value is -4.66. The number of carbonyl (C=O) groups is 2. The minimum Gasteiger partial charge on any atom is -0.478 e. The van der Waals surface area contributed by atoms with Gasteiger partial charge in [-0.1, -0.05) is 18.2 Å². The lowest BCUT2D eigenvalue weighted by molar-refractivity contribution is 0.0696. The van der Waals surface area contributed by atoms with E-state index in [1.165, 1.54) is 23.0 Å². The molecule has 2 aromatic carbocycles. The molecule has 0 aliphatic carbocycles. The van der Waals surface area contributed by atoms with Crippen molar-refractivity contribution in [1.29, 1.82) is 0 Å². The molecule has 4 aromatic rings. The number of nitrogens with zero attached hydrogens (tertiary/aromatic N) is 3. The average molecular weight is 445 g/mol. The average Bonchev–Trinajstić information content (AvgIpc) is 3.36. The summed E-state index contributed by atoms with van der Waals surface area (Å²) in [6.45, 7) is 1.78. The highest BCUT2D eigenvalue weighted by Gasteiger charge is 2.16. The molecule has 0 saturated carbocycles. The van der Waals surface area contributed by atoms with Gasteiger partial charge in [-0.25, -0.2) is 19.3 Å². The summed E-state index contributed by atoms with van der Waals surface area (Å²) in [6.07, 6.45) is 1.39. The SMILES string of the molecule is Cc1c(N=Cc2ccc(-c3cc(C(=O)O)cc(C(=O)O)c3)o2)c(=O)n(-c2ccccc2)n1C. The molecule has 2 N–H and O–H groups in total. The van der Waals surface area contributed by atoms with E-state index in [1.807, 2.05) is 30.3 Å². The minimum absolute atomic E-state index is 0.169. The zero-order chi connectivity index (χ0) is 23.7. The van der Waals surface area contributed by atoms with Crippen LogP contribution in [0.25, 0.3) is 17.0 Å². The predicted molar refractivity (Wildman–Crippen MR) is 121 cm³/mol. The number of benzene rings is 2. The van der Waals surface area contributed by atoms with Crippen LogP contribution in [0, 0.1) is 6.92 Å². The molecule has 0 radical (unpaired) electrons. The Bertz CT molecular complexity index is 1430. The molecule has 33 heavy (non-hydrogen) atoms. The fourth-order valence-corrected chi connectivity index (χ4v) is 3.43. The van der Waals surface area contributed by atoms with Gasteiger partial charge in [0.1, 0.15) is 11.5 Å². The van der Waals surface area contributed by atoms with Gasteiger partial charge in [-0.2, -0.15) is 0 Å². The fraction of sp³-hybridized carbons (Fsp3) is 0.0833. The van der Waals surface area contributed by atoms with Crippen molar-refractivity contribution in [2.24, 2.45) is 12.0 Å². The molecule has 0 aliphatic heterocycles. The summed E-state index contributed by atoms with van der Waals surface area (Å²) in [7, 11) is 1.77. The number of aromatic nitrogens is 2. The third-order valence-corrected chi connectivity index (χ3v) is 5.18. The molecule has 0 atom stereocenters. The highest BCUT2D eigenvalue weighted by atomic mass is 16.4. The van der Waals surface area contributed by atoms with Crippen molar-refractivity contribution in [2.75, 3.05) is 0 Å². The van der Waals surface area contributed by atoms with Gasteiger partial charge >= 0.3 is 11.9 Å². The Morgan fingerprint density at radius 1 is 0.970 bits per heavy atom. The Kier molecular flexibility index (Phi) is 5.53. The maximum Gasteiger partial charge on any atom is 0.335 e. The molecule has 0 bridgehead atoms. The number of aliphatic imine (C=N–C) groups is 1. The summed E-state index contributed by atoms with van der Waals surface area (Å²) in [5.74, 6) is -1.91. The van der Waals surface area contributed by atoms with Gasteiger partial charge in [0, 0.05) is 12.6 Å². The molecule has 0 aliphatic rings. The zero-order valence-electron chi connectivity index (χ0n) is 17.7. The van der Waals surface area contributed by atoms with E-state index in [0.717, 1.165) is 6.07 Å². The number of furan rings is 1. The third kappa shape index (κ3) is 4.11. The highest BCUT2D eigenvalue weighted by Crippen LogP contribution is 2.25. The molecular formula is C24H19N3O6. The maximum atomic E-state index is 12.9. The van der Waals surface area contributed by atoms with Crippen LogP contribution in [0.15, 0.2) is 74.9 Å². The second-order valence-electron chi connectivity index (χ2n) is 7.28. The molecule has 0 saturated heterocycles. The van der Waals surface area contributed by atoms with Crippen LogP contribution in [-0.2, 0) is 7.05 Å². The van der Waals surface area contributed by atoms with Gasteiger partial charge in [0.2, 0.25) is 0 Å². The number of rotatable bonds is 6. The second kappa shape index (κ2) is 8.46. The van der Waals surface area contributed by atoms with E-state index in [0.29, 0.717) is 22.7 Å². The van der Waals surface area contributed by atoms with Crippen LogP contribution in [0.5, 0.6) is 0 Å². The van der Waals surface area contributed by atoms with E-state index >= 15 is 0 Å². The van der Waals surface area contributed by atoms with E-state index in [2.05, 4.69) is 4.99 Å². The molecule has 0 spiro atoms. The third-order valence-electron chi connectivity index (χ3n) is 5.18. The van der Waals surface area contributed by atoms with Crippen molar-refractivity contribution in [3.05, 3.63) is 93.6 Å². The van der Waals surface area contributed by atoms with Crippen LogP contribution >= 0.6 is 0 Å². The molecule has 0 amide bonds. The summed E-state index contributed by atoms with van der Waals surface area (Å²) in [5, 5.41) is 18.5. The van der Waals surface area contributed by atoms with Crippen LogP contribution in [-0.4, -0.2) is 37.7 Å². The molecule has 9 heteroatoms. The van der Waals surface area contributed by atoms with Gasteiger partial charge in [0.15, 0.2) is 5.69 Å². The fourth-order valence-electron chi connectivity index (χ4n) is 3.43. The summed E-state index contributed by atoms with van der Waals surface area (Å²) in [6, 6.07) is 16.1. The first kappa shape index (κ1) is 21.6. The highest BCUT2D eigenvalue weighted by molar-refractivity contribution is 5.96. The lowest BCUT2D eigenvalue weighted by atomic mass is 10.0. The summed E-state index contributed by atoms with van der Waals surface area (Å²) < 4.78 is 8.94. The standard InChI is InChI=1S/C24H19N3O6/c1-14-21(22(28)27(26(14)2)18-6-4-3-5-7-18)25-13-19-8-9-20(33-19)15-10-16(23(29)30)12-17(11-15)24(31)32/h3-13H,1-2H3,(H,29,30)(H,31,32). The number of aromatic carboxylic acids is 2. The normalized spacial score (nSPS) is 11.2. The van der Waals surface area contributed by atoms with Gasteiger partial charge in [-0.15, -0.1) is 0 Å². The Balaban J connectivity index is 1.68. The van der Waals surface area contributed by atoms with Gasteiger partial charge in [0.25, 0.3) is 5.56 Å². The smallest absolute Gasteiger partial charge is 0.335 e. The van der Waals surface area contributed by atoms with Crippen LogP contribution in [0.2, 0.25) is 0 Å². The first-order valence-electron chi connectivity index (χ1n) is 9.86. The quantitative estimate of drug-likeness (QED) is 0.434. The molecule has 166 valence electrons. The Labute approximate surface area is 187 Å². The predicted octanol–water partition coefficient (Wildman–Crippen LogP) is 3.89. The molecular weight excluding hydrogens is 426 g/mol. The molecule has 2 aromatic heterocycles. The van der Waals surface area contributed by atoms with Gasteiger partial charge in [-0.05, 0) is 49.4 Å². The van der Waals surface area contributed by atoms with Gasteiger partial charge < -0.3 is 14.6 Å². The lowest BCUT2D eigenvalue weighted by Gasteiger charge is -2.07. The molecule has 0 unspecified atom stereocenters. The largest absolute Gasteiger partial charge is 0.478 e. The topological polar surface area (TPSA) is 127 Å². The van der Waals surface area contributed by atoms with Gasteiger partial charge in [0.05, 0.1) is 28.7 Å². The molecule has 2 heterocycles. The summed E-state index contributed by atoms with van der Waals surface area (Å²) in [5.41, 5.74) is 1.30. The molecule has 4 rings (SSSR count). The first-order valence-corrected chi connectivity index (χ1v) is 9.86. The second-order valence-corrected chi connectivity index (χ2v) is 7.28. The molecule has 9 nitrogen and oxygen atoms in total. The number of carboxylic acid groups (broad SMARTS) is 2. The first-order chi connectivity index (χ1) is 15.8. The van der Waals surface area contributed by atoms with Crippen molar-refractivity contribution in [1.82, 2.24) is 9.36 Å². The van der Waals surface area contributed by atoms with Gasteiger partial charge in [-0.3, -0.25) is 9.48 Å². The van der Waals surface area contributed by atoms with Crippen molar-refractivity contribution in [2.45, 2.75) is 6.92 Å². The van der Waals surface area contributed by atoms with E-state index in [4.69, 9.17) is 4.42 Å². The van der Waals surface area contributed by atoms with Crippen LogP contribution < -0.4 is 5.56 Å². The molecule has 0 fully saturated rings. The van der Waals surface area contributed by atoms with Crippen LogP contribution in [0.1, 0.15) is 32.2 Å². The number of hydrogen-bond donors (Lipinski definition) is 2. The number of hydrogen-bond acceptors (Lipinski definition) is 5. The summed E-state index contributed by atoms with van der Waals surface area (Å²) >= 11 is 0. The zero-order valence-corrected chi connectivity index (χ0v) is 17.7. The van der Waals surface area contributed by atoms with Crippen LogP contribution in [0.4, 0.5) is 5.69 Å². The van der Waals surface area contributed by atoms with Crippen molar-refractivity contribution < 1.29 is 24.2 Å². The minimum atomic E-state index is -1.25. The van der Waals surface area contributed by atoms with Crippen molar-refractivity contribution >= 4 is 23.8 Å². The summed E-state index contributed by atoms with van der Waals surface area (Å²) in [4.78, 5) is 40.0. The monoisotopic (exact) mass is 445 g/mol. The van der Waals surface area contributed by atoms with E-state index in [-0.39, 0.29) is 28.1 Å². The van der Waals surface area contributed by atoms with Crippen LogP contribution in [0.3, 0.4) is 0 Å². The van der Waals surface area contributed by atoms with E-state index in [1.54, 1.807) is 30.8 Å². The number of para-hydroxylation sites is 1. The van der Waals surface area contributed by atoms with E-state index in [9.17, 15) is 24.6 Å². The van der Waals surface area contributed by atoms with E-state index < -0.39 is 11.9 Å². The maximum absolute atomic E-state index is 12.9. The number of carboxylic acids is 2. The Morgan fingerprint density at radius 3 is 2.21 bits per heavy atom. The van der Waals surface area contributed by atoms with Crippen molar-refractivity contribution in [3.8, 4) is 17.0 Å². The Morgan fingerprint density at radius 2 is 1.61 bits per heavy atom. The van der Waals surface area contributed by atoms with Crippen molar-refractivity contribution in [3.63, 3.8) is 0 Å². The lowest BCUT2D eigenvalue weighted by Crippen LogP contribution is -2.19.